The Morgan fingerprint density at radius 1 is 0.458 bits per heavy atom. The summed E-state index contributed by atoms with van der Waals surface area (Å²) in [5.41, 5.74) is 17.1. The molecule has 12 heteroatoms. The molecular weight excluding hydrogens is 975 g/mol. The van der Waals surface area contributed by atoms with Crippen LogP contribution in [0.2, 0.25) is 0 Å². The summed E-state index contributed by atoms with van der Waals surface area (Å²) >= 11 is 33.2. The fourth-order valence-corrected chi connectivity index (χ4v) is 13.2. The first-order valence-electron chi connectivity index (χ1n) is 24.3. The standard InChI is InChI=1S/C60H50Cl4N8/c1-69-29-5-9-37-33-41(13-20-49(37)69)55-45-17-18-46(65-45)56(42-14-21-50-38(34-42)10-6-30-70(50)2)48-25-27-57(61,67-48)60(64,44-16-23-52-40(36-44)12-8-32-72(52)4)54-26-28-58(62,68-54)59(63,53-24-19-47(55)66-53)43-15-22-51-39(35-43)11-7-31-71(51)3/h5-8,13-36,65-66H,9-12H2,1-4H3. The molecule has 0 radical (unpaired) electrons. The molecule has 0 fully saturated rings. The van der Waals surface area contributed by atoms with Crippen LogP contribution in [0.3, 0.4) is 0 Å². The van der Waals surface area contributed by atoms with E-state index in [-0.39, 0.29) is 0 Å². The van der Waals surface area contributed by atoms with Crippen LogP contribution in [0.1, 0.15) is 55.9 Å². The molecule has 0 saturated carbocycles. The summed E-state index contributed by atoms with van der Waals surface area (Å²) in [5.74, 6) is 0. The van der Waals surface area contributed by atoms with E-state index in [0.29, 0.717) is 17.1 Å². The van der Waals surface area contributed by atoms with Crippen LogP contribution in [0.15, 0.2) is 180 Å². The molecular formula is C60H50Cl4N8. The SMILES string of the molecule is CN1C=CCc2cc(C3=c4ccc([nH]4)=C(c4ccc5c(c4)CC=CN5C)c4ccc([nH]4)C(Cl)(c4ccc5c(c4)CC=CN5C)C4(Cl)C=CC(=N4)C(Cl)(c4ccc5c(c4)CC=CN5C)C4(Cl)C=CC3=N4)ccc21. The lowest BCUT2D eigenvalue weighted by molar-refractivity contribution is 0.561. The summed E-state index contributed by atoms with van der Waals surface area (Å²) in [6.07, 6.45) is 27.9. The number of halogens is 4. The summed E-state index contributed by atoms with van der Waals surface area (Å²) in [6.45, 7) is 0. The number of rotatable bonds is 4. The molecule has 7 aliphatic heterocycles. The Morgan fingerprint density at radius 2 is 0.917 bits per heavy atom. The maximum absolute atomic E-state index is 8.44. The minimum atomic E-state index is -1.63. The highest BCUT2D eigenvalue weighted by atomic mass is 35.5. The largest absolute Gasteiger partial charge is 0.356 e. The van der Waals surface area contributed by atoms with Crippen molar-refractivity contribution in [3.8, 4) is 0 Å². The minimum Gasteiger partial charge on any atom is -0.356 e. The second-order valence-electron chi connectivity index (χ2n) is 19.8. The van der Waals surface area contributed by atoms with Gasteiger partial charge in [0.1, 0.15) is 0 Å². The first-order valence-corrected chi connectivity index (χ1v) is 25.9. The van der Waals surface area contributed by atoms with Gasteiger partial charge in [-0.3, -0.25) is 9.98 Å². The Labute approximate surface area is 439 Å². The topological polar surface area (TPSA) is 69.3 Å². The summed E-state index contributed by atoms with van der Waals surface area (Å²) in [4.78, 5) is 21.1. The Morgan fingerprint density at radius 3 is 1.47 bits per heavy atom. The molecule has 6 aromatic rings. The van der Waals surface area contributed by atoms with E-state index < -0.39 is 19.7 Å². The molecule has 0 aliphatic carbocycles. The highest BCUT2D eigenvalue weighted by Gasteiger charge is 2.60. The fourth-order valence-electron chi connectivity index (χ4n) is 11.8. The molecule has 2 N–H and O–H groups in total. The van der Waals surface area contributed by atoms with E-state index >= 15 is 0 Å². The summed E-state index contributed by atoms with van der Waals surface area (Å²) in [6, 6.07) is 34.4. The van der Waals surface area contributed by atoms with Crippen molar-refractivity contribution in [1.82, 2.24) is 9.97 Å². The predicted octanol–water partition coefficient (Wildman–Crippen LogP) is 11.3. The van der Waals surface area contributed by atoms with Gasteiger partial charge in [-0.1, -0.05) is 83.9 Å². The zero-order chi connectivity index (χ0) is 49.3. The lowest BCUT2D eigenvalue weighted by Gasteiger charge is -2.40. The van der Waals surface area contributed by atoms with E-state index in [2.05, 4.69) is 185 Å². The molecule has 4 atom stereocenters. The molecule has 8 nitrogen and oxygen atoms in total. The molecule has 72 heavy (non-hydrogen) atoms. The second-order valence-corrected chi connectivity index (χ2v) is 22.1. The van der Waals surface area contributed by atoms with Crippen molar-refractivity contribution in [3.63, 3.8) is 0 Å². The van der Waals surface area contributed by atoms with Crippen LogP contribution in [0.25, 0.3) is 11.1 Å². The van der Waals surface area contributed by atoms with Crippen molar-refractivity contribution in [2.24, 2.45) is 9.98 Å². The van der Waals surface area contributed by atoms with Crippen molar-refractivity contribution in [1.29, 1.82) is 0 Å². The number of alkyl halides is 4. The first kappa shape index (κ1) is 45.2. The van der Waals surface area contributed by atoms with E-state index in [1.165, 1.54) is 16.8 Å². The number of allylic oxidation sites excluding steroid dienone is 6. The lowest BCUT2D eigenvalue weighted by Crippen LogP contribution is -2.47. The van der Waals surface area contributed by atoms with Crippen LogP contribution < -0.4 is 30.3 Å². The van der Waals surface area contributed by atoms with Crippen molar-refractivity contribution in [2.75, 3.05) is 47.8 Å². The zero-order valence-electron chi connectivity index (χ0n) is 40.2. The summed E-state index contributed by atoms with van der Waals surface area (Å²) in [7, 11) is 8.27. The Bertz CT molecular complexity index is 3720. The molecule has 4 unspecified atom stereocenters. The van der Waals surface area contributed by atoms with Crippen LogP contribution in [0.5, 0.6) is 0 Å². The van der Waals surface area contributed by atoms with Crippen molar-refractivity contribution in [2.45, 2.75) is 45.4 Å². The van der Waals surface area contributed by atoms with Gasteiger partial charge in [-0.25, -0.2) is 0 Å². The number of aliphatic imine (C=N–C) groups is 2. The monoisotopic (exact) mass is 1020 g/mol. The highest BCUT2D eigenvalue weighted by molar-refractivity contribution is 6.48. The molecule has 358 valence electrons. The van der Waals surface area contributed by atoms with Gasteiger partial charge in [-0.2, -0.15) is 0 Å². The number of H-pyrrole nitrogens is 2. The van der Waals surface area contributed by atoms with Crippen molar-refractivity contribution < 1.29 is 0 Å². The fraction of sp³-hybridized carbons (Fsp3) is 0.200. The Balaban J connectivity index is 1.12. The molecule has 9 heterocycles. The van der Waals surface area contributed by atoms with Gasteiger partial charge in [0.25, 0.3) is 0 Å². The van der Waals surface area contributed by atoms with Crippen LogP contribution in [-0.2, 0) is 35.4 Å². The van der Waals surface area contributed by atoms with Gasteiger partial charge in [-0.15, -0.1) is 23.2 Å². The number of aromatic amines is 2. The van der Waals surface area contributed by atoms with Gasteiger partial charge in [0.2, 0.25) is 0 Å². The molecule has 13 rings (SSSR count). The van der Waals surface area contributed by atoms with Crippen LogP contribution in [0, 0.1) is 0 Å². The van der Waals surface area contributed by atoms with Crippen molar-refractivity contribution >= 4 is 91.7 Å². The van der Waals surface area contributed by atoms with Gasteiger partial charge in [0, 0.05) is 109 Å². The predicted molar refractivity (Wildman–Crippen MR) is 300 cm³/mol. The number of fused-ring (bicyclic) bond motifs is 10. The Hall–Kier alpha value is -6.68. The number of nitrogens with one attached hydrogen (secondary N) is 2. The maximum Gasteiger partial charge on any atom is 0.181 e. The van der Waals surface area contributed by atoms with Gasteiger partial charge < -0.3 is 29.6 Å². The number of nitrogens with zero attached hydrogens (tertiary/aromatic N) is 6. The van der Waals surface area contributed by atoms with Crippen LogP contribution in [-0.4, -0.2) is 59.6 Å². The van der Waals surface area contributed by atoms with Gasteiger partial charge in [0.05, 0.1) is 11.4 Å². The smallest absolute Gasteiger partial charge is 0.181 e. The number of aromatic nitrogens is 2. The molecule has 4 aromatic carbocycles. The number of hydrogen-bond acceptors (Lipinski definition) is 6. The third kappa shape index (κ3) is 6.72. The second kappa shape index (κ2) is 16.4. The molecule has 2 aromatic heterocycles. The number of benzene rings is 4. The molecule has 8 bridgehead atoms. The minimum absolute atomic E-state index is 0.431. The lowest BCUT2D eigenvalue weighted by atomic mass is 9.84. The van der Waals surface area contributed by atoms with Crippen LogP contribution in [0.4, 0.5) is 22.7 Å². The van der Waals surface area contributed by atoms with Gasteiger partial charge >= 0.3 is 0 Å². The van der Waals surface area contributed by atoms with Crippen LogP contribution >= 0.6 is 46.4 Å². The van der Waals surface area contributed by atoms with Gasteiger partial charge in [0.15, 0.2) is 19.7 Å². The molecule has 7 aliphatic rings. The Kier molecular flexibility index (Phi) is 10.3. The zero-order valence-corrected chi connectivity index (χ0v) is 43.2. The first-order chi connectivity index (χ1) is 34.7. The average Bonchev–Trinajstić information content (AvgIpc) is 4.23. The summed E-state index contributed by atoms with van der Waals surface area (Å²) < 4.78 is 0. The van der Waals surface area contributed by atoms with Gasteiger partial charge in [-0.05, 0) is 155 Å². The number of anilines is 4. The van der Waals surface area contributed by atoms with E-state index in [4.69, 9.17) is 56.4 Å². The van der Waals surface area contributed by atoms with E-state index in [1.807, 2.05) is 43.5 Å². The quantitative estimate of drug-likeness (QED) is 0.136. The average molecular weight is 1020 g/mol. The molecule has 0 amide bonds. The molecule has 0 spiro atoms. The normalized spacial score (nSPS) is 25.4. The molecule has 0 saturated heterocycles. The number of hydrogen-bond donors (Lipinski definition) is 2. The third-order valence-corrected chi connectivity index (χ3v) is 18.1. The van der Waals surface area contributed by atoms with Crippen molar-refractivity contribution in [3.05, 3.63) is 237 Å². The summed E-state index contributed by atoms with van der Waals surface area (Å²) in [5, 5.41) is 1.76. The van der Waals surface area contributed by atoms with E-state index in [1.54, 1.807) is 0 Å². The van der Waals surface area contributed by atoms with E-state index in [0.717, 1.165) is 104 Å². The maximum atomic E-state index is 8.44. The highest BCUT2D eigenvalue weighted by Crippen LogP contribution is 2.57. The third-order valence-electron chi connectivity index (χ3n) is 15.5. The van der Waals surface area contributed by atoms with E-state index in [9.17, 15) is 0 Å².